The molecule has 0 aromatic carbocycles. The molecule has 0 amide bonds. The van der Waals surface area contributed by atoms with Crippen molar-refractivity contribution in [3.63, 3.8) is 0 Å². The van der Waals surface area contributed by atoms with Crippen LogP contribution in [0, 0.1) is 5.92 Å². The van der Waals surface area contributed by atoms with E-state index in [1.54, 1.807) is 0 Å². The van der Waals surface area contributed by atoms with Crippen LogP contribution in [0.1, 0.15) is 32.6 Å². The summed E-state index contributed by atoms with van der Waals surface area (Å²) in [5.41, 5.74) is 0. The number of nitrogens with one attached hydrogen (secondary N) is 1. The fraction of sp³-hybridized carbons (Fsp3) is 1.00. The van der Waals surface area contributed by atoms with E-state index in [1.165, 1.54) is 25.7 Å². The second-order valence-electron chi connectivity index (χ2n) is 3.16. The van der Waals surface area contributed by atoms with Crippen LogP contribution in [0.25, 0.3) is 0 Å². The van der Waals surface area contributed by atoms with Crippen molar-refractivity contribution in [2.75, 3.05) is 7.05 Å². The monoisotopic (exact) mass is 127 g/mol. The number of rotatable bonds is 1. The highest BCUT2D eigenvalue weighted by Crippen LogP contribution is 2.22. The van der Waals surface area contributed by atoms with Crippen LogP contribution < -0.4 is 5.32 Å². The van der Waals surface area contributed by atoms with Gasteiger partial charge in [0, 0.05) is 6.04 Å². The lowest BCUT2D eigenvalue weighted by Gasteiger charge is -2.27. The first-order valence-corrected chi connectivity index (χ1v) is 4.02. The van der Waals surface area contributed by atoms with Gasteiger partial charge in [-0.05, 0) is 25.8 Å². The van der Waals surface area contributed by atoms with Crippen LogP contribution in [0.15, 0.2) is 0 Å². The zero-order valence-corrected chi connectivity index (χ0v) is 6.48. The van der Waals surface area contributed by atoms with Crippen LogP contribution in [-0.4, -0.2) is 13.1 Å². The summed E-state index contributed by atoms with van der Waals surface area (Å²) >= 11 is 0. The van der Waals surface area contributed by atoms with Gasteiger partial charge in [0.25, 0.3) is 0 Å². The van der Waals surface area contributed by atoms with E-state index in [-0.39, 0.29) is 0 Å². The molecule has 0 heterocycles. The van der Waals surface area contributed by atoms with Gasteiger partial charge in [-0.2, -0.15) is 0 Å². The van der Waals surface area contributed by atoms with E-state index >= 15 is 0 Å². The maximum atomic E-state index is 3.35. The quantitative estimate of drug-likeness (QED) is 0.566. The van der Waals surface area contributed by atoms with E-state index in [2.05, 4.69) is 19.3 Å². The second-order valence-corrected chi connectivity index (χ2v) is 3.16. The summed E-state index contributed by atoms with van der Waals surface area (Å²) in [6, 6.07) is 0.804. The van der Waals surface area contributed by atoms with Crippen molar-refractivity contribution in [2.24, 2.45) is 5.92 Å². The first kappa shape index (κ1) is 7.07. The Hall–Kier alpha value is -0.0400. The van der Waals surface area contributed by atoms with Crippen molar-refractivity contribution in [1.29, 1.82) is 0 Å². The SMILES string of the molecule is CN[C@@H]1CCCC[C@@H]1C. The van der Waals surface area contributed by atoms with Crippen molar-refractivity contribution in [3.05, 3.63) is 0 Å². The summed E-state index contributed by atoms with van der Waals surface area (Å²) in [5, 5.41) is 3.35. The molecule has 0 spiro atoms. The fourth-order valence-corrected chi connectivity index (χ4v) is 1.75. The lowest BCUT2D eigenvalue weighted by Crippen LogP contribution is -2.34. The Morgan fingerprint density at radius 3 is 2.33 bits per heavy atom. The highest BCUT2D eigenvalue weighted by Gasteiger charge is 2.18. The minimum absolute atomic E-state index is 0.804. The van der Waals surface area contributed by atoms with Gasteiger partial charge in [0.1, 0.15) is 0 Å². The van der Waals surface area contributed by atoms with E-state index in [0.717, 1.165) is 12.0 Å². The molecule has 0 aliphatic heterocycles. The van der Waals surface area contributed by atoms with Gasteiger partial charge in [-0.25, -0.2) is 0 Å². The van der Waals surface area contributed by atoms with Crippen molar-refractivity contribution in [2.45, 2.75) is 38.6 Å². The van der Waals surface area contributed by atoms with Crippen LogP contribution in [0.3, 0.4) is 0 Å². The molecule has 1 saturated carbocycles. The summed E-state index contributed by atoms with van der Waals surface area (Å²) in [5.74, 6) is 0.906. The van der Waals surface area contributed by atoms with Crippen molar-refractivity contribution >= 4 is 0 Å². The molecule has 2 atom stereocenters. The Morgan fingerprint density at radius 2 is 1.89 bits per heavy atom. The van der Waals surface area contributed by atoms with Crippen molar-refractivity contribution < 1.29 is 0 Å². The molecule has 1 aliphatic carbocycles. The van der Waals surface area contributed by atoms with Crippen LogP contribution in [0.4, 0.5) is 0 Å². The Bertz CT molecular complexity index is 80.6. The predicted molar refractivity (Wildman–Crippen MR) is 40.5 cm³/mol. The summed E-state index contributed by atoms with van der Waals surface area (Å²) in [4.78, 5) is 0. The molecule has 0 saturated heterocycles. The summed E-state index contributed by atoms with van der Waals surface area (Å²) in [6.07, 6.45) is 5.68. The molecule has 0 unspecified atom stereocenters. The zero-order chi connectivity index (χ0) is 6.69. The lowest BCUT2D eigenvalue weighted by molar-refractivity contribution is 0.294. The molecule has 0 bridgehead atoms. The largest absolute Gasteiger partial charge is 0.317 e. The van der Waals surface area contributed by atoms with Gasteiger partial charge >= 0.3 is 0 Å². The Balaban J connectivity index is 2.30. The molecule has 0 aromatic rings. The first-order valence-electron chi connectivity index (χ1n) is 4.02. The number of hydrogen-bond acceptors (Lipinski definition) is 1. The standard InChI is InChI=1S/C8H17N/c1-7-5-3-4-6-8(7)9-2/h7-9H,3-6H2,1-2H3/t7-,8+/m0/s1. The molecule has 1 fully saturated rings. The topological polar surface area (TPSA) is 12.0 Å². The normalized spacial score (nSPS) is 36.7. The van der Waals surface area contributed by atoms with Gasteiger partial charge in [-0.1, -0.05) is 19.8 Å². The molecule has 1 heteroatoms. The summed E-state index contributed by atoms with van der Waals surface area (Å²) in [6.45, 7) is 2.35. The Labute approximate surface area is 57.8 Å². The average molecular weight is 127 g/mol. The average Bonchev–Trinajstić information content (AvgIpc) is 1.89. The summed E-state index contributed by atoms with van der Waals surface area (Å²) < 4.78 is 0. The van der Waals surface area contributed by atoms with Crippen LogP contribution in [0.5, 0.6) is 0 Å². The zero-order valence-electron chi connectivity index (χ0n) is 6.48. The molecule has 1 N–H and O–H groups in total. The van der Waals surface area contributed by atoms with Gasteiger partial charge < -0.3 is 5.32 Å². The maximum Gasteiger partial charge on any atom is 0.00896 e. The van der Waals surface area contributed by atoms with Gasteiger partial charge in [-0.3, -0.25) is 0 Å². The van der Waals surface area contributed by atoms with Crippen molar-refractivity contribution in [1.82, 2.24) is 5.32 Å². The summed E-state index contributed by atoms with van der Waals surface area (Å²) in [7, 11) is 2.08. The lowest BCUT2D eigenvalue weighted by atomic mass is 9.86. The third kappa shape index (κ3) is 1.68. The van der Waals surface area contributed by atoms with Crippen LogP contribution >= 0.6 is 0 Å². The third-order valence-corrected chi connectivity index (χ3v) is 2.48. The molecule has 0 radical (unpaired) electrons. The van der Waals surface area contributed by atoms with Crippen LogP contribution in [-0.2, 0) is 0 Å². The Morgan fingerprint density at radius 1 is 1.22 bits per heavy atom. The second kappa shape index (κ2) is 3.21. The van der Waals surface area contributed by atoms with E-state index in [0.29, 0.717) is 0 Å². The van der Waals surface area contributed by atoms with Gasteiger partial charge in [0.05, 0.1) is 0 Å². The van der Waals surface area contributed by atoms with Gasteiger partial charge in [0.15, 0.2) is 0 Å². The van der Waals surface area contributed by atoms with E-state index in [4.69, 9.17) is 0 Å². The third-order valence-electron chi connectivity index (χ3n) is 2.48. The molecule has 54 valence electrons. The first-order chi connectivity index (χ1) is 4.34. The van der Waals surface area contributed by atoms with Crippen molar-refractivity contribution in [3.8, 4) is 0 Å². The molecular formula is C8H17N. The van der Waals surface area contributed by atoms with Crippen LogP contribution in [0.2, 0.25) is 0 Å². The van der Waals surface area contributed by atoms with Gasteiger partial charge in [0.2, 0.25) is 0 Å². The minimum atomic E-state index is 0.804. The molecule has 1 nitrogen and oxygen atoms in total. The van der Waals surface area contributed by atoms with E-state index < -0.39 is 0 Å². The highest BCUT2D eigenvalue weighted by atomic mass is 14.9. The van der Waals surface area contributed by atoms with E-state index in [9.17, 15) is 0 Å². The molecule has 1 aliphatic rings. The Kier molecular flexibility index (Phi) is 2.52. The smallest absolute Gasteiger partial charge is 0.00896 e. The van der Waals surface area contributed by atoms with Gasteiger partial charge in [-0.15, -0.1) is 0 Å². The highest BCUT2D eigenvalue weighted by molar-refractivity contribution is 4.75. The molecule has 1 rings (SSSR count). The molecule has 9 heavy (non-hydrogen) atoms. The molecular weight excluding hydrogens is 110 g/mol. The molecule has 0 aromatic heterocycles. The maximum absolute atomic E-state index is 3.35. The number of hydrogen-bond donors (Lipinski definition) is 1. The predicted octanol–water partition coefficient (Wildman–Crippen LogP) is 1.78. The van der Waals surface area contributed by atoms with E-state index in [1.807, 2.05) is 0 Å². The fourth-order valence-electron chi connectivity index (χ4n) is 1.75. The minimum Gasteiger partial charge on any atom is -0.317 e.